The molecule has 35 heavy (non-hydrogen) atoms. The van der Waals surface area contributed by atoms with Crippen molar-refractivity contribution in [2.75, 3.05) is 23.7 Å². The van der Waals surface area contributed by atoms with Crippen molar-refractivity contribution in [2.24, 2.45) is 0 Å². The van der Waals surface area contributed by atoms with E-state index in [4.69, 9.17) is 17.3 Å². The number of carbonyl (C=O) groups excluding carboxylic acids is 2. The third-order valence-corrected chi connectivity index (χ3v) is 5.78. The minimum atomic E-state index is -0.735. The fraction of sp³-hybridized carbons (Fsp3) is 0.280. The Morgan fingerprint density at radius 3 is 2.46 bits per heavy atom. The highest BCUT2D eigenvalue weighted by molar-refractivity contribution is 6.33. The first kappa shape index (κ1) is 25.8. The summed E-state index contributed by atoms with van der Waals surface area (Å²) in [6.45, 7) is 2.37. The standard InChI is InChI=1S/C25H28ClN5O4/c1-2-3-15-30(20(32)13-14-28-23(33)18-11-7-8-12-19(18)26)21-22(27)31(25(35)29-24(21)34)16-17-9-5-4-6-10-17/h4-12H,2-3,13-16,27H2,1H3,(H,28,33)(H,29,34,35). The minimum Gasteiger partial charge on any atom is -0.383 e. The van der Waals surface area contributed by atoms with E-state index in [1.807, 2.05) is 37.3 Å². The number of rotatable bonds is 10. The maximum Gasteiger partial charge on any atom is 0.330 e. The lowest BCUT2D eigenvalue weighted by atomic mass is 10.2. The van der Waals surface area contributed by atoms with Gasteiger partial charge in [0.25, 0.3) is 11.5 Å². The van der Waals surface area contributed by atoms with E-state index in [0.717, 1.165) is 12.0 Å². The first-order chi connectivity index (χ1) is 16.8. The summed E-state index contributed by atoms with van der Waals surface area (Å²) in [5.74, 6) is -0.899. The summed E-state index contributed by atoms with van der Waals surface area (Å²) in [6, 6.07) is 15.8. The number of nitrogens with two attached hydrogens (primary N) is 1. The van der Waals surface area contributed by atoms with E-state index < -0.39 is 23.1 Å². The van der Waals surface area contributed by atoms with E-state index in [0.29, 0.717) is 17.0 Å². The van der Waals surface area contributed by atoms with Crippen molar-refractivity contribution in [2.45, 2.75) is 32.7 Å². The molecule has 3 aromatic rings. The molecule has 1 aromatic heterocycles. The predicted octanol–water partition coefficient (Wildman–Crippen LogP) is 2.77. The molecule has 4 N–H and O–H groups in total. The molecule has 184 valence electrons. The van der Waals surface area contributed by atoms with E-state index in [1.165, 1.54) is 9.47 Å². The molecule has 0 aliphatic carbocycles. The van der Waals surface area contributed by atoms with Gasteiger partial charge in [-0.3, -0.25) is 23.9 Å². The number of anilines is 2. The zero-order valence-electron chi connectivity index (χ0n) is 19.4. The van der Waals surface area contributed by atoms with Gasteiger partial charge in [0, 0.05) is 19.5 Å². The van der Waals surface area contributed by atoms with Crippen LogP contribution in [0.2, 0.25) is 5.02 Å². The number of benzene rings is 2. The van der Waals surface area contributed by atoms with Gasteiger partial charge in [0.1, 0.15) is 5.82 Å². The van der Waals surface area contributed by atoms with Gasteiger partial charge in [0.2, 0.25) is 5.91 Å². The van der Waals surface area contributed by atoms with Crippen molar-refractivity contribution in [3.8, 4) is 0 Å². The Balaban J connectivity index is 1.82. The van der Waals surface area contributed by atoms with Crippen LogP contribution in [-0.4, -0.2) is 34.5 Å². The van der Waals surface area contributed by atoms with Gasteiger partial charge >= 0.3 is 5.69 Å². The summed E-state index contributed by atoms with van der Waals surface area (Å²) in [6.07, 6.45) is 1.32. The molecule has 1 heterocycles. The van der Waals surface area contributed by atoms with Crippen LogP contribution in [0.25, 0.3) is 0 Å². The molecule has 3 rings (SSSR count). The van der Waals surface area contributed by atoms with Crippen molar-refractivity contribution in [3.63, 3.8) is 0 Å². The second kappa shape index (κ2) is 12.0. The van der Waals surface area contributed by atoms with Crippen molar-refractivity contribution < 1.29 is 9.59 Å². The molecule has 0 saturated carbocycles. The van der Waals surface area contributed by atoms with Crippen molar-refractivity contribution in [1.29, 1.82) is 0 Å². The smallest absolute Gasteiger partial charge is 0.330 e. The first-order valence-corrected chi connectivity index (χ1v) is 11.7. The number of H-pyrrole nitrogens is 1. The van der Waals surface area contributed by atoms with Gasteiger partial charge in [-0.15, -0.1) is 0 Å². The normalized spacial score (nSPS) is 10.7. The number of nitrogen functional groups attached to an aromatic ring is 1. The fourth-order valence-corrected chi connectivity index (χ4v) is 3.82. The Morgan fingerprint density at radius 1 is 1.09 bits per heavy atom. The lowest BCUT2D eigenvalue weighted by Crippen LogP contribution is -2.42. The van der Waals surface area contributed by atoms with Gasteiger partial charge in [0.15, 0.2) is 5.69 Å². The van der Waals surface area contributed by atoms with Crippen LogP contribution in [0.1, 0.15) is 42.1 Å². The second-order valence-corrected chi connectivity index (χ2v) is 8.36. The number of amides is 2. The van der Waals surface area contributed by atoms with E-state index in [-0.39, 0.29) is 37.6 Å². The number of hydrogen-bond acceptors (Lipinski definition) is 5. The summed E-state index contributed by atoms with van der Waals surface area (Å²) in [5, 5.41) is 2.98. The summed E-state index contributed by atoms with van der Waals surface area (Å²) < 4.78 is 1.23. The van der Waals surface area contributed by atoms with E-state index in [2.05, 4.69) is 10.3 Å². The van der Waals surface area contributed by atoms with Crippen molar-refractivity contribution in [1.82, 2.24) is 14.9 Å². The average Bonchev–Trinajstić information content (AvgIpc) is 2.84. The molecular weight excluding hydrogens is 470 g/mol. The predicted molar refractivity (Wildman–Crippen MR) is 137 cm³/mol. The molecular formula is C25H28ClN5O4. The largest absolute Gasteiger partial charge is 0.383 e. The topological polar surface area (TPSA) is 130 Å². The quantitative estimate of drug-likeness (QED) is 0.396. The van der Waals surface area contributed by atoms with Crippen LogP contribution in [0.3, 0.4) is 0 Å². The molecule has 2 aromatic carbocycles. The number of unbranched alkanes of at least 4 members (excludes halogenated alkanes) is 1. The van der Waals surface area contributed by atoms with Crippen LogP contribution in [0.15, 0.2) is 64.2 Å². The zero-order valence-corrected chi connectivity index (χ0v) is 20.2. The van der Waals surface area contributed by atoms with Crippen LogP contribution >= 0.6 is 11.6 Å². The Kier molecular flexibility index (Phi) is 8.86. The Hall–Kier alpha value is -3.85. The Labute approximate surface area is 207 Å². The first-order valence-electron chi connectivity index (χ1n) is 11.3. The highest BCUT2D eigenvalue weighted by Crippen LogP contribution is 2.20. The van der Waals surface area contributed by atoms with Crippen molar-refractivity contribution in [3.05, 3.63) is 91.6 Å². The monoisotopic (exact) mass is 497 g/mol. The van der Waals surface area contributed by atoms with Gasteiger partial charge in [-0.05, 0) is 24.1 Å². The fourth-order valence-electron chi connectivity index (χ4n) is 3.60. The third-order valence-electron chi connectivity index (χ3n) is 5.45. The molecule has 2 amide bonds. The van der Waals surface area contributed by atoms with E-state index >= 15 is 0 Å². The molecule has 0 saturated heterocycles. The summed E-state index contributed by atoms with van der Waals surface area (Å²) in [5.41, 5.74) is 5.93. The van der Waals surface area contributed by atoms with Gasteiger partial charge in [-0.1, -0.05) is 67.4 Å². The molecule has 0 aliphatic rings. The van der Waals surface area contributed by atoms with Gasteiger partial charge in [-0.25, -0.2) is 4.79 Å². The van der Waals surface area contributed by atoms with Crippen LogP contribution in [-0.2, 0) is 11.3 Å². The van der Waals surface area contributed by atoms with Crippen molar-refractivity contribution >= 4 is 34.9 Å². The maximum atomic E-state index is 13.1. The maximum absolute atomic E-state index is 13.1. The Bertz CT molecular complexity index is 1300. The number of nitrogens with one attached hydrogen (secondary N) is 2. The van der Waals surface area contributed by atoms with E-state index in [9.17, 15) is 19.2 Å². The van der Waals surface area contributed by atoms with Crippen LogP contribution in [0.5, 0.6) is 0 Å². The lowest BCUT2D eigenvalue weighted by molar-refractivity contribution is -0.118. The van der Waals surface area contributed by atoms with Crippen LogP contribution in [0, 0.1) is 0 Å². The number of hydrogen-bond donors (Lipinski definition) is 3. The average molecular weight is 498 g/mol. The van der Waals surface area contributed by atoms with Crippen LogP contribution < -0.4 is 27.2 Å². The van der Waals surface area contributed by atoms with Crippen LogP contribution in [0.4, 0.5) is 11.5 Å². The van der Waals surface area contributed by atoms with Gasteiger partial charge in [-0.2, -0.15) is 0 Å². The van der Waals surface area contributed by atoms with Gasteiger partial charge in [0.05, 0.1) is 17.1 Å². The molecule has 0 aliphatic heterocycles. The van der Waals surface area contributed by atoms with E-state index in [1.54, 1.807) is 24.3 Å². The highest BCUT2D eigenvalue weighted by Gasteiger charge is 2.24. The molecule has 0 unspecified atom stereocenters. The SMILES string of the molecule is CCCCN(C(=O)CCNC(=O)c1ccccc1Cl)c1c(N)n(Cc2ccccc2)c(=O)[nH]c1=O. The zero-order chi connectivity index (χ0) is 25.4. The minimum absolute atomic E-state index is 0.0347. The number of halogens is 1. The molecule has 9 nitrogen and oxygen atoms in total. The van der Waals surface area contributed by atoms with Gasteiger partial charge < -0.3 is 16.0 Å². The highest BCUT2D eigenvalue weighted by atomic mass is 35.5. The summed E-state index contributed by atoms with van der Waals surface area (Å²) in [4.78, 5) is 54.4. The number of carbonyl (C=O) groups is 2. The number of aromatic amines is 1. The number of aromatic nitrogens is 2. The second-order valence-electron chi connectivity index (χ2n) is 7.95. The summed E-state index contributed by atoms with van der Waals surface area (Å²) >= 11 is 6.05. The third kappa shape index (κ3) is 6.39. The molecule has 0 spiro atoms. The molecule has 0 radical (unpaired) electrons. The summed E-state index contributed by atoms with van der Waals surface area (Å²) in [7, 11) is 0. The molecule has 10 heteroatoms. The molecule has 0 atom stereocenters. The number of nitrogens with zero attached hydrogens (tertiary/aromatic N) is 2. The lowest BCUT2D eigenvalue weighted by Gasteiger charge is -2.24. The Morgan fingerprint density at radius 2 is 1.77 bits per heavy atom. The molecule has 0 bridgehead atoms. The molecule has 0 fully saturated rings.